The van der Waals surface area contributed by atoms with Crippen LogP contribution in [0.1, 0.15) is 29.2 Å². The molecule has 6 nitrogen and oxygen atoms in total. The lowest BCUT2D eigenvalue weighted by Crippen LogP contribution is -2.27. The van der Waals surface area contributed by atoms with E-state index >= 15 is 0 Å². The van der Waals surface area contributed by atoms with Gasteiger partial charge in [0, 0.05) is 5.56 Å². The number of amides is 1. The lowest BCUT2D eigenvalue weighted by molar-refractivity contribution is -0.122. The van der Waals surface area contributed by atoms with Gasteiger partial charge >= 0.3 is 0 Å². The van der Waals surface area contributed by atoms with Gasteiger partial charge < -0.3 is 14.2 Å². The number of hydrogen-bond acceptors (Lipinski definition) is 7. The van der Waals surface area contributed by atoms with Crippen molar-refractivity contribution in [1.82, 2.24) is 4.90 Å². The number of rotatable bonds is 9. The van der Waals surface area contributed by atoms with Gasteiger partial charge in [0.05, 0.1) is 36.8 Å². The van der Waals surface area contributed by atoms with E-state index in [1.807, 2.05) is 73.7 Å². The zero-order chi connectivity index (χ0) is 25.5. The molecule has 1 amide bonds. The number of thioether (sulfide) groups is 1. The smallest absolute Gasteiger partial charge is 0.266 e. The fraction of sp³-hybridized carbons (Fsp3) is 0.179. The molecular weight excluding hydrogens is 492 g/mol. The van der Waals surface area contributed by atoms with Crippen LogP contribution in [-0.4, -0.2) is 28.8 Å². The van der Waals surface area contributed by atoms with Crippen LogP contribution in [0.5, 0.6) is 17.2 Å². The summed E-state index contributed by atoms with van der Waals surface area (Å²) in [5.74, 6) is 1.76. The first-order valence-corrected chi connectivity index (χ1v) is 12.5. The van der Waals surface area contributed by atoms with Crippen LogP contribution >= 0.6 is 24.0 Å². The molecule has 182 valence electrons. The molecular formula is C28H24N2O4S2. The maximum absolute atomic E-state index is 13.1. The van der Waals surface area contributed by atoms with Crippen LogP contribution < -0.4 is 14.2 Å². The van der Waals surface area contributed by atoms with Crippen LogP contribution in [0.25, 0.3) is 6.08 Å². The number of carbonyl (C=O) groups excluding carboxylic acids is 1. The Hall–Kier alpha value is -3.80. The van der Waals surface area contributed by atoms with E-state index in [-0.39, 0.29) is 12.5 Å². The first kappa shape index (κ1) is 25.3. The maximum atomic E-state index is 13.1. The molecule has 0 radical (unpaired) electrons. The number of nitrogens with zero attached hydrogens (tertiary/aromatic N) is 2. The van der Waals surface area contributed by atoms with Crippen LogP contribution in [0.4, 0.5) is 0 Å². The Morgan fingerprint density at radius 1 is 1.06 bits per heavy atom. The third kappa shape index (κ3) is 5.88. The van der Waals surface area contributed by atoms with Crippen molar-refractivity contribution in [3.05, 3.63) is 93.9 Å². The SMILES string of the molecule is CCOc1cc(/C=C2\SC(=S)N(Cc3ccc(OC)cc3)C2=O)ccc1OCc1ccccc1C#N. The molecule has 36 heavy (non-hydrogen) atoms. The van der Waals surface area contributed by atoms with E-state index in [1.54, 1.807) is 18.1 Å². The highest BCUT2D eigenvalue weighted by Crippen LogP contribution is 2.36. The molecule has 0 N–H and O–H groups in total. The summed E-state index contributed by atoms with van der Waals surface area (Å²) in [5, 5.41) is 9.31. The first-order valence-electron chi connectivity index (χ1n) is 11.3. The number of thiocarbonyl (C=S) groups is 1. The fourth-order valence-electron chi connectivity index (χ4n) is 3.61. The number of hydrogen-bond donors (Lipinski definition) is 0. The monoisotopic (exact) mass is 516 g/mol. The molecule has 1 aliphatic rings. The number of nitriles is 1. The van der Waals surface area contributed by atoms with E-state index in [9.17, 15) is 10.1 Å². The fourth-order valence-corrected chi connectivity index (χ4v) is 4.87. The highest BCUT2D eigenvalue weighted by Gasteiger charge is 2.32. The number of carbonyl (C=O) groups is 1. The Bertz CT molecular complexity index is 1350. The van der Waals surface area contributed by atoms with Crippen molar-refractivity contribution in [3.63, 3.8) is 0 Å². The third-order valence-electron chi connectivity index (χ3n) is 5.46. The quantitative estimate of drug-likeness (QED) is 0.257. The van der Waals surface area contributed by atoms with Crippen LogP contribution in [0.2, 0.25) is 0 Å². The number of benzene rings is 3. The summed E-state index contributed by atoms with van der Waals surface area (Å²) < 4.78 is 17.5. The van der Waals surface area contributed by atoms with Crippen molar-refractivity contribution in [2.24, 2.45) is 0 Å². The van der Waals surface area contributed by atoms with Crippen molar-refractivity contribution >= 4 is 40.3 Å². The summed E-state index contributed by atoms with van der Waals surface area (Å²) in [4.78, 5) is 15.2. The molecule has 0 bridgehead atoms. The molecule has 4 rings (SSSR count). The second kappa shape index (κ2) is 11.8. The van der Waals surface area contributed by atoms with Crippen molar-refractivity contribution in [2.45, 2.75) is 20.1 Å². The van der Waals surface area contributed by atoms with Gasteiger partial charge in [0.2, 0.25) is 0 Å². The molecule has 1 aliphatic heterocycles. The van der Waals surface area contributed by atoms with Crippen LogP contribution in [0.15, 0.2) is 71.6 Å². The minimum Gasteiger partial charge on any atom is -0.497 e. The lowest BCUT2D eigenvalue weighted by Gasteiger charge is -2.15. The summed E-state index contributed by atoms with van der Waals surface area (Å²) in [6.45, 7) is 2.99. The molecule has 0 unspecified atom stereocenters. The van der Waals surface area contributed by atoms with Gasteiger partial charge in [0.1, 0.15) is 16.7 Å². The van der Waals surface area contributed by atoms with Gasteiger partial charge in [-0.15, -0.1) is 0 Å². The summed E-state index contributed by atoms with van der Waals surface area (Å²) in [7, 11) is 1.62. The Morgan fingerprint density at radius 2 is 1.83 bits per heavy atom. The van der Waals surface area contributed by atoms with Crippen molar-refractivity contribution in [2.75, 3.05) is 13.7 Å². The molecule has 3 aromatic carbocycles. The predicted molar refractivity (Wildman–Crippen MR) is 145 cm³/mol. The van der Waals surface area contributed by atoms with E-state index in [2.05, 4.69) is 6.07 Å². The van der Waals surface area contributed by atoms with E-state index in [1.165, 1.54) is 11.8 Å². The van der Waals surface area contributed by atoms with Gasteiger partial charge in [-0.05, 0) is 54.5 Å². The van der Waals surface area contributed by atoms with Gasteiger partial charge in [-0.2, -0.15) is 5.26 Å². The minimum atomic E-state index is -0.132. The zero-order valence-electron chi connectivity index (χ0n) is 19.9. The highest BCUT2D eigenvalue weighted by atomic mass is 32.2. The molecule has 0 spiro atoms. The third-order valence-corrected chi connectivity index (χ3v) is 6.84. The molecule has 1 heterocycles. The number of ether oxygens (including phenoxy) is 3. The molecule has 1 saturated heterocycles. The zero-order valence-corrected chi connectivity index (χ0v) is 21.5. The van der Waals surface area contributed by atoms with Crippen molar-refractivity contribution in [3.8, 4) is 23.3 Å². The molecule has 0 saturated carbocycles. The molecule has 8 heteroatoms. The van der Waals surface area contributed by atoms with Gasteiger partial charge in [-0.1, -0.05) is 60.4 Å². The summed E-state index contributed by atoms with van der Waals surface area (Å²) in [5.41, 5.74) is 3.13. The Kier molecular flexibility index (Phi) is 8.26. The van der Waals surface area contributed by atoms with E-state index in [0.717, 1.165) is 22.4 Å². The topological polar surface area (TPSA) is 71.8 Å². The first-order chi connectivity index (χ1) is 17.5. The number of methoxy groups -OCH3 is 1. The molecule has 3 aromatic rings. The average molecular weight is 517 g/mol. The van der Waals surface area contributed by atoms with Gasteiger partial charge in [-0.3, -0.25) is 9.69 Å². The summed E-state index contributed by atoms with van der Waals surface area (Å²) in [6.07, 6.45) is 1.81. The molecule has 0 aliphatic carbocycles. The Labute approximate surface area is 220 Å². The Morgan fingerprint density at radius 3 is 2.56 bits per heavy atom. The standard InChI is InChI=1S/C28H24N2O4S2/c1-3-33-25-14-20(10-13-24(25)34-18-22-7-5-4-6-21(22)16-29)15-26-27(31)30(28(35)36-26)17-19-8-11-23(32-2)12-9-19/h4-15H,3,17-18H2,1-2H3/b26-15-. The predicted octanol–water partition coefficient (Wildman–Crippen LogP) is 5.95. The second-order valence-electron chi connectivity index (χ2n) is 7.81. The normalized spacial score (nSPS) is 14.1. The van der Waals surface area contributed by atoms with Crippen LogP contribution in [-0.2, 0) is 17.9 Å². The van der Waals surface area contributed by atoms with Gasteiger partial charge in [-0.25, -0.2) is 0 Å². The van der Waals surface area contributed by atoms with Crippen LogP contribution in [0.3, 0.4) is 0 Å². The highest BCUT2D eigenvalue weighted by molar-refractivity contribution is 8.26. The summed E-state index contributed by atoms with van der Waals surface area (Å²) in [6, 6.07) is 22.6. The molecule has 0 atom stereocenters. The van der Waals surface area contributed by atoms with Gasteiger partial charge in [0.15, 0.2) is 11.5 Å². The van der Waals surface area contributed by atoms with Crippen LogP contribution in [0, 0.1) is 11.3 Å². The molecule has 0 aromatic heterocycles. The van der Waals surface area contributed by atoms with Crippen molar-refractivity contribution in [1.29, 1.82) is 5.26 Å². The molecule has 1 fully saturated rings. The van der Waals surface area contributed by atoms with Gasteiger partial charge in [0.25, 0.3) is 5.91 Å². The summed E-state index contributed by atoms with van der Waals surface area (Å²) >= 11 is 6.76. The van der Waals surface area contributed by atoms with E-state index in [0.29, 0.717) is 39.4 Å². The largest absolute Gasteiger partial charge is 0.497 e. The second-order valence-corrected chi connectivity index (χ2v) is 9.49. The lowest BCUT2D eigenvalue weighted by atomic mass is 10.1. The maximum Gasteiger partial charge on any atom is 0.266 e. The minimum absolute atomic E-state index is 0.132. The van der Waals surface area contributed by atoms with E-state index < -0.39 is 0 Å². The Balaban J connectivity index is 1.50. The van der Waals surface area contributed by atoms with E-state index in [4.69, 9.17) is 26.4 Å². The van der Waals surface area contributed by atoms with Crippen molar-refractivity contribution < 1.29 is 19.0 Å². The average Bonchev–Trinajstić information content (AvgIpc) is 3.16.